The Balaban J connectivity index is 2.37. The van der Waals surface area contributed by atoms with Gasteiger partial charge in [0.25, 0.3) is 0 Å². The van der Waals surface area contributed by atoms with E-state index in [9.17, 15) is 4.79 Å². The zero-order valence-electron chi connectivity index (χ0n) is 10.2. The summed E-state index contributed by atoms with van der Waals surface area (Å²) in [4.78, 5) is 11.7. The van der Waals surface area contributed by atoms with Gasteiger partial charge in [0.15, 0.2) is 0 Å². The Morgan fingerprint density at radius 1 is 1.21 bits per heavy atom. The highest BCUT2D eigenvalue weighted by Crippen LogP contribution is 2.29. The van der Waals surface area contributed by atoms with Gasteiger partial charge < -0.3 is 15.2 Å². The molecule has 0 atom stereocenters. The summed E-state index contributed by atoms with van der Waals surface area (Å²) in [7, 11) is 1.31. The molecular formula is C14H12BrNO3. The number of nitrogen functional groups attached to an aromatic ring is 1. The van der Waals surface area contributed by atoms with Gasteiger partial charge in [0, 0.05) is 10.2 Å². The average molecular weight is 322 g/mol. The molecule has 2 rings (SSSR count). The lowest BCUT2D eigenvalue weighted by Crippen LogP contribution is -2.04. The van der Waals surface area contributed by atoms with Crippen LogP contribution in [0.15, 0.2) is 46.9 Å². The van der Waals surface area contributed by atoms with Crippen molar-refractivity contribution in [3.05, 3.63) is 52.5 Å². The predicted octanol–water partition coefficient (Wildman–Crippen LogP) is 3.61. The molecular weight excluding hydrogens is 310 g/mol. The summed E-state index contributed by atoms with van der Waals surface area (Å²) in [6, 6.07) is 12.2. The number of esters is 1. The van der Waals surface area contributed by atoms with Gasteiger partial charge >= 0.3 is 5.97 Å². The molecule has 98 valence electrons. The fourth-order valence-corrected chi connectivity index (χ4v) is 1.94. The Kier molecular flexibility index (Phi) is 4.06. The maximum atomic E-state index is 11.7. The molecule has 0 fully saturated rings. The van der Waals surface area contributed by atoms with Crippen LogP contribution >= 0.6 is 15.9 Å². The molecule has 0 aliphatic carbocycles. The first-order valence-electron chi connectivity index (χ1n) is 5.51. The molecule has 4 nitrogen and oxygen atoms in total. The number of methoxy groups -OCH3 is 1. The third-order valence-corrected chi connectivity index (χ3v) is 2.93. The van der Waals surface area contributed by atoms with Crippen LogP contribution in [0.2, 0.25) is 0 Å². The summed E-state index contributed by atoms with van der Waals surface area (Å²) in [6.45, 7) is 0. The highest BCUT2D eigenvalue weighted by molar-refractivity contribution is 9.10. The normalized spacial score (nSPS) is 10.0. The Morgan fingerprint density at radius 2 is 2.00 bits per heavy atom. The molecule has 2 aromatic rings. The van der Waals surface area contributed by atoms with Gasteiger partial charge in [0.1, 0.15) is 17.1 Å². The van der Waals surface area contributed by atoms with Crippen molar-refractivity contribution in [2.24, 2.45) is 0 Å². The maximum Gasteiger partial charge on any atom is 0.341 e. The summed E-state index contributed by atoms with van der Waals surface area (Å²) in [5.74, 6) is 0.528. The summed E-state index contributed by atoms with van der Waals surface area (Å²) >= 11 is 3.36. The number of hydrogen-bond donors (Lipinski definition) is 1. The molecule has 0 unspecified atom stereocenters. The molecule has 0 spiro atoms. The van der Waals surface area contributed by atoms with Gasteiger partial charge in [0.05, 0.1) is 7.11 Å². The summed E-state index contributed by atoms with van der Waals surface area (Å²) in [5.41, 5.74) is 6.43. The lowest BCUT2D eigenvalue weighted by atomic mass is 10.2. The lowest BCUT2D eigenvalue weighted by molar-refractivity contribution is 0.0598. The van der Waals surface area contributed by atoms with Gasteiger partial charge in [-0.1, -0.05) is 22.0 Å². The number of benzene rings is 2. The standard InChI is InChI=1S/C14H12BrNO3/c1-18-14(17)12-8-10(16)5-6-13(12)19-11-4-2-3-9(15)7-11/h2-8H,16H2,1H3. The smallest absolute Gasteiger partial charge is 0.341 e. The molecule has 0 aromatic heterocycles. The fraction of sp³-hybridized carbons (Fsp3) is 0.0714. The molecule has 2 N–H and O–H groups in total. The SMILES string of the molecule is COC(=O)c1cc(N)ccc1Oc1cccc(Br)c1. The first-order chi connectivity index (χ1) is 9.10. The number of halogens is 1. The third-order valence-electron chi connectivity index (χ3n) is 2.43. The molecule has 0 aliphatic heterocycles. The number of hydrogen-bond acceptors (Lipinski definition) is 4. The van der Waals surface area contributed by atoms with Gasteiger partial charge in [-0.05, 0) is 36.4 Å². The van der Waals surface area contributed by atoms with Crippen molar-refractivity contribution in [1.82, 2.24) is 0 Å². The van der Waals surface area contributed by atoms with Crippen LogP contribution < -0.4 is 10.5 Å². The molecule has 0 aliphatic rings. The molecule has 0 amide bonds. The van der Waals surface area contributed by atoms with Gasteiger partial charge in [-0.25, -0.2) is 4.79 Å². The highest BCUT2D eigenvalue weighted by Gasteiger charge is 2.14. The summed E-state index contributed by atoms with van der Waals surface area (Å²) in [5, 5.41) is 0. The molecule has 0 saturated heterocycles. The van der Waals surface area contributed by atoms with Crippen LogP contribution in [-0.2, 0) is 4.74 Å². The van der Waals surface area contributed by atoms with Crippen molar-refractivity contribution >= 4 is 27.6 Å². The van der Waals surface area contributed by atoms with Crippen molar-refractivity contribution in [2.45, 2.75) is 0 Å². The van der Waals surface area contributed by atoms with E-state index in [1.165, 1.54) is 13.2 Å². The van der Waals surface area contributed by atoms with Crippen molar-refractivity contribution < 1.29 is 14.3 Å². The Labute approximate surface area is 119 Å². The van der Waals surface area contributed by atoms with Gasteiger partial charge in [0.2, 0.25) is 0 Å². The highest BCUT2D eigenvalue weighted by atomic mass is 79.9. The van der Waals surface area contributed by atoms with E-state index in [2.05, 4.69) is 15.9 Å². The monoisotopic (exact) mass is 321 g/mol. The molecule has 0 radical (unpaired) electrons. The lowest BCUT2D eigenvalue weighted by Gasteiger charge is -2.10. The first-order valence-corrected chi connectivity index (χ1v) is 6.30. The van der Waals surface area contributed by atoms with E-state index in [4.69, 9.17) is 15.2 Å². The predicted molar refractivity (Wildman–Crippen MR) is 76.4 cm³/mol. The van der Waals surface area contributed by atoms with E-state index in [0.717, 1.165) is 4.47 Å². The van der Waals surface area contributed by atoms with Crippen LogP contribution in [0.1, 0.15) is 10.4 Å². The Hall–Kier alpha value is -2.01. The molecule has 0 heterocycles. The van der Waals surface area contributed by atoms with E-state index in [-0.39, 0.29) is 0 Å². The molecule has 0 bridgehead atoms. The van der Waals surface area contributed by atoms with Gasteiger partial charge in [-0.2, -0.15) is 0 Å². The largest absolute Gasteiger partial charge is 0.465 e. The zero-order chi connectivity index (χ0) is 13.8. The van der Waals surface area contributed by atoms with E-state index in [0.29, 0.717) is 22.7 Å². The van der Waals surface area contributed by atoms with E-state index in [1.54, 1.807) is 24.3 Å². The van der Waals surface area contributed by atoms with E-state index < -0.39 is 5.97 Å². The third kappa shape index (κ3) is 3.26. The van der Waals surface area contributed by atoms with E-state index >= 15 is 0 Å². The number of ether oxygens (including phenoxy) is 2. The van der Waals surface area contributed by atoms with Gasteiger partial charge in [-0.15, -0.1) is 0 Å². The van der Waals surface area contributed by atoms with Crippen LogP contribution in [0.25, 0.3) is 0 Å². The summed E-state index contributed by atoms with van der Waals surface area (Å²) in [6.07, 6.45) is 0. The minimum Gasteiger partial charge on any atom is -0.465 e. The van der Waals surface area contributed by atoms with Crippen molar-refractivity contribution in [2.75, 3.05) is 12.8 Å². The Bertz CT molecular complexity index is 613. The minimum absolute atomic E-state index is 0.294. The molecule has 5 heteroatoms. The number of anilines is 1. The first kappa shape index (κ1) is 13.4. The molecule has 0 saturated carbocycles. The second kappa shape index (κ2) is 5.75. The number of carbonyl (C=O) groups excluding carboxylic acids is 1. The van der Waals surface area contributed by atoms with Gasteiger partial charge in [-0.3, -0.25) is 0 Å². The number of rotatable bonds is 3. The number of carbonyl (C=O) groups is 1. The van der Waals surface area contributed by atoms with Crippen LogP contribution in [0.3, 0.4) is 0 Å². The van der Waals surface area contributed by atoms with Crippen LogP contribution in [-0.4, -0.2) is 13.1 Å². The van der Waals surface area contributed by atoms with E-state index in [1.807, 2.05) is 12.1 Å². The van der Waals surface area contributed by atoms with Crippen molar-refractivity contribution in [3.8, 4) is 11.5 Å². The Morgan fingerprint density at radius 3 is 2.68 bits per heavy atom. The van der Waals surface area contributed by atoms with Crippen LogP contribution in [0.5, 0.6) is 11.5 Å². The quantitative estimate of drug-likeness (QED) is 0.693. The minimum atomic E-state index is -0.489. The molecule has 19 heavy (non-hydrogen) atoms. The topological polar surface area (TPSA) is 61.5 Å². The second-order valence-electron chi connectivity index (χ2n) is 3.81. The number of nitrogens with two attached hydrogens (primary N) is 1. The maximum absolute atomic E-state index is 11.7. The summed E-state index contributed by atoms with van der Waals surface area (Å²) < 4.78 is 11.3. The zero-order valence-corrected chi connectivity index (χ0v) is 11.8. The van der Waals surface area contributed by atoms with Crippen molar-refractivity contribution in [3.63, 3.8) is 0 Å². The van der Waals surface area contributed by atoms with Crippen LogP contribution in [0.4, 0.5) is 5.69 Å². The fourth-order valence-electron chi connectivity index (χ4n) is 1.56. The van der Waals surface area contributed by atoms with Crippen molar-refractivity contribution in [1.29, 1.82) is 0 Å². The average Bonchev–Trinajstić information content (AvgIpc) is 2.40. The van der Waals surface area contributed by atoms with Crippen LogP contribution in [0, 0.1) is 0 Å². The second-order valence-corrected chi connectivity index (χ2v) is 4.72. The molecule has 2 aromatic carbocycles.